The van der Waals surface area contributed by atoms with Crippen LogP contribution in [0.4, 0.5) is 17.1 Å². The summed E-state index contributed by atoms with van der Waals surface area (Å²) in [6, 6.07) is 33.2. The van der Waals surface area contributed by atoms with E-state index in [1.54, 1.807) is 0 Å². The van der Waals surface area contributed by atoms with Gasteiger partial charge in [-0.2, -0.15) is 5.10 Å². The Hall–Kier alpha value is -3.83. The minimum absolute atomic E-state index is 0.0477. The summed E-state index contributed by atoms with van der Waals surface area (Å²) in [7, 11) is 0. The second kappa shape index (κ2) is 9.73. The molecule has 7 rings (SSSR count). The Bertz CT molecular complexity index is 1650. The third-order valence-corrected chi connectivity index (χ3v) is 9.41. The minimum atomic E-state index is -0.0477. The van der Waals surface area contributed by atoms with Gasteiger partial charge in [0.25, 0.3) is 0 Å². The Balaban J connectivity index is 1.40. The minimum Gasteiger partial charge on any atom is -0.308 e. The normalized spacial score (nSPS) is 16.0. The molecule has 0 saturated heterocycles. The van der Waals surface area contributed by atoms with Crippen LogP contribution in [0.3, 0.4) is 0 Å². The number of aromatic nitrogens is 3. The number of nitrogens with zero attached hydrogens (tertiary/aromatic N) is 4. The van der Waals surface area contributed by atoms with Crippen molar-refractivity contribution in [3.63, 3.8) is 0 Å². The summed E-state index contributed by atoms with van der Waals surface area (Å²) < 4.78 is 2.05. The summed E-state index contributed by atoms with van der Waals surface area (Å²) >= 11 is 1.84. The van der Waals surface area contributed by atoms with Gasteiger partial charge in [0.05, 0.1) is 28.5 Å². The van der Waals surface area contributed by atoms with Gasteiger partial charge < -0.3 is 4.90 Å². The molecule has 0 unspecified atom stereocenters. The smallest absolute Gasteiger partial charge is 0.0670 e. The van der Waals surface area contributed by atoms with Crippen molar-refractivity contribution in [3.8, 4) is 5.69 Å². The van der Waals surface area contributed by atoms with Crippen molar-refractivity contribution in [2.24, 2.45) is 0 Å². The number of hydrogen-bond donors (Lipinski definition) is 0. The molecule has 0 atom stereocenters. The summed E-state index contributed by atoms with van der Waals surface area (Å²) in [4.78, 5) is 9.85. The zero-order valence-electron chi connectivity index (χ0n) is 22.5. The first kappa shape index (κ1) is 24.2. The molecule has 0 bridgehead atoms. The molecule has 5 aromatic rings. The molecular formula is C34H32N4S. The summed E-state index contributed by atoms with van der Waals surface area (Å²) in [6.45, 7) is 4.17. The van der Waals surface area contributed by atoms with Crippen LogP contribution in [0, 0.1) is 13.8 Å². The van der Waals surface area contributed by atoms with Crippen molar-refractivity contribution in [1.82, 2.24) is 14.8 Å². The maximum atomic E-state index is 4.89. The van der Waals surface area contributed by atoms with Gasteiger partial charge in [0.15, 0.2) is 0 Å². The first-order valence-corrected chi connectivity index (χ1v) is 14.7. The van der Waals surface area contributed by atoms with Crippen LogP contribution in [0.2, 0.25) is 0 Å². The highest BCUT2D eigenvalue weighted by Crippen LogP contribution is 2.53. The predicted molar refractivity (Wildman–Crippen MR) is 160 cm³/mol. The van der Waals surface area contributed by atoms with Crippen LogP contribution in [-0.2, 0) is 5.41 Å². The highest BCUT2D eigenvalue weighted by Gasteiger charge is 2.37. The standard InChI is InChI=1S/C34H32N4S/c1-24-21-25(2)38(36-24)28-16-17-32-30(23-28)37(29-13-4-5-14-31(29)39-32)27-12-10-11-26(22-27)34(18-7-3-8-19-34)33-15-6-9-20-35-33/h4-6,9-17,20-23H,3,7-8,18-19H2,1-2H3. The fourth-order valence-corrected chi connectivity index (χ4v) is 7.52. The van der Waals surface area contributed by atoms with E-state index >= 15 is 0 Å². The highest BCUT2D eigenvalue weighted by atomic mass is 32.2. The van der Waals surface area contributed by atoms with E-state index < -0.39 is 0 Å². The van der Waals surface area contributed by atoms with Crippen LogP contribution in [0.1, 0.15) is 54.7 Å². The van der Waals surface area contributed by atoms with E-state index in [4.69, 9.17) is 10.1 Å². The number of para-hydroxylation sites is 1. The van der Waals surface area contributed by atoms with Crippen LogP contribution in [0.25, 0.3) is 5.69 Å². The van der Waals surface area contributed by atoms with Gasteiger partial charge in [-0.25, -0.2) is 4.68 Å². The molecule has 0 radical (unpaired) electrons. The fourth-order valence-electron chi connectivity index (χ4n) is 6.48. The SMILES string of the molecule is Cc1cc(C)n(-c2ccc3c(c2)N(c2cccc(C4(c5ccccn5)CCCCC4)c2)c2ccccc2S3)n1. The molecule has 3 aromatic carbocycles. The Morgan fingerprint density at radius 2 is 1.54 bits per heavy atom. The van der Waals surface area contributed by atoms with Crippen LogP contribution < -0.4 is 4.90 Å². The van der Waals surface area contributed by atoms with E-state index in [1.807, 2.05) is 28.7 Å². The second-order valence-electron chi connectivity index (χ2n) is 10.8. The lowest BCUT2D eigenvalue weighted by atomic mass is 9.67. The Labute approximate surface area is 234 Å². The number of benzene rings is 3. The first-order chi connectivity index (χ1) is 19.1. The van der Waals surface area contributed by atoms with E-state index in [0.29, 0.717) is 0 Å². The quantitative estimate of drug-likeness (QED) is 0.228. The van der Waals surface area contributed by atoms with Crippen LogP contribution in [0.5, 0.6) is 0 Å². The van der Waals surface area contributed by atoms with E-state index in [2.05, 4.69) is 104 Å². The lowest BCUT2D eigenvalue weighted by Gasteiger charge is -2.39. The monoisotopic (exact) mass is 528 g/mol. The molecule has 0 spiro atoms. The molecule has 2 aromatic heterocycles. The molecule has 1 aliphatic heterocycles. The summed E-state index contributed by atoms with van der Waals surface area (Å²) in [5, 5.41) is 4.77. The largest absolute Gasteiger partial charge is 0.308 e. The molecule has 5 heteroatoms. The fraction of sp³-hybridized carbons (Fsp3) is 0.235. The molecular weight excluding hydrogens is 496 g/mol. The second-order valence-corrected chi connectivity index (χ2v) is 11.9. The van der Waals surface area contributed by atoms with Gasteiger partial charge in [-0.15, -0.1) is 0 Å². The first-order valence-electron chi connectivity index (χ1n) is 13.9. The predicted octanol–water partition coefficient (Wildman–Crippen LogP) is 9.07. The molecule has 1 fully saturated rings. The molecule has 1 aliphatic carbocycles. The Kier molecular flexibility index (Phi) is 6.04. The summed E-state index contributed by atoms with van der Waals surface area (Å²) in [5.74, 6) is 0. The average Bonchev–Trinajstić information content (AvgIpc) is 3.34. The van der Waals surface area contributed by atoms with Crippen molar-refractivity contribution in [2.75, 3.05) is 4.90 Å². The molecule has 39 heavy (non-hydrogen) atoms. The molecule has 0 N–H and O–H groups in total. The van der Waals surface area contributed by atoms with Crippen molar-refractivity contribution in [1.29, 1.82) is 0 Å². The molecule has 194 valence electrons. The van der Waals surface area contributed by atoms with Crippen LogP contribution >= 0.6 is 11.8 Å². The van der Waals surface area contributed by atoms with Crippen molar-refractivity contribution in [3.05, 3.63) is 120 Å². The van der Waals surface area contributed by atoms with Crippen molar-refractivity contribution in [2.45, 2.75) is 61.2 Å². The van der Waals surface area contributed by atoms with Gasteiger partial charge in [0, 0.05) is 32.8 Å². The number of aryl methyl sites for hydroxylation is 2. The van der Waals surface area contributed by atoms with E-state index in [0.717, 1.165) is 29.9 Å². The topological polar surface area (TPSA) is 34.0 Å². The molecule has 4 nitrogen and oxygen atoms in total. The summed E-state index contributed by atoms with van der Waals surface area (Å²) in [5.41, 5.74) is 9.36. The zero-order chi connectivity index (χ0) is 26.4. The Morgan fingerprint density at radius 3 is 2.33 bits per heavy atom. The van der Waals surface area contributed by atoms with Gasteiger partial charge in [-0.1, -0.05) is 61.4 Å². The van der Waals surface area contributed by atoms with E-state index in [9.17, 15) is 0 Å². The number of rotatable bonds is 4. The van der Waals surface area contributed by atoms with Gasteiger partial charge in [0.1, 0.15) is 0 Å². The highest BCUT2D eigenvalue weighted by molar-refractivity contribution is 7.99. The number of anilines is 3. The van der Waals surface area contributed by atoms with E-state index in [1.165, 1.54) is 57.4 Å². The van der Waals surface area contributed by atoms with Crippen molar-refractivity contribution >= 4 is 28.8 Å². The van der Waals surface area contributed by atoms with Gasteiger partial charge in [0.2, 0.25) is 0 Å². The third kappa shape index (κ3) is 4.16. The summed E-state index contributed by atoms with van der Waals surface area (Å²) in [6.07, 6.45) is 7.99. The average molecular weight is 529 g/mol. The third-order valence-electron chi connectivity index (χ3n) is 8.28. The number of fused-ring (bicyclic) bond motifs is 2. The van der Waals surface area contributed by atoms with Gasteiger partial charge in [-0.05, 0) is 92.9 Å². The molecule has 2 aliphatic rings. The lowest BCUT2D eigenvalue weighted by Crippen LogP contribution is -2.31. The lowest BCUT2D eigenvalue weighted by molar-refractivity contribution is 0.338. The van der Waals surface area contributed by atoms with Crippen LogP contribution in [0.15, 0.2) is 107 Å². The number of pyridine rings is 1. The molecule has 3 heterocycles. The molecule has 0 amide bonds. The van der Waals surface area contributed by atoms with E-state index in [-0.39, 0.29) is 5.41 Å². The van der Waals surface area contributed by atoms with Crippen molar-refractivity contribution < 1.29 is 0 Å². The molecule has 1 saturated carbocycles. The number of hydrogen-bond acceptors (Lipinski definition) is 4. The zero-order valence-corrected chi connectivity index (χ0v) is 23.3. The van der Waals surface area contributed by atoms with Gasteiger partial charge in [-0.3, -0.25) is 4.98 Å². The maximum Gasteiger partial charge on any atom is 0.0670 e. The van der Waals surface area contributed by atoms with Crippen LogP contribution in [-0.4, -0.2) is 14.8 Å². The van der Waals surface area contributed by atoms with Gasteiger partial charge >= 0.3 is 0 Å². The maximum absolute atomic E-state index is 4.89. The Morgan fingerprint density at radius 1 is 0.718 bits per heavy atom.